The van der Waals surface area contributed by atoms with Crippen LogP contribution in [-0.4, -0.2) is 37.2 Å². The van der Waals surface area contributed by atoms with E-state index < -0.39 is 6.10 Å². The van der Waals surface area contributed by atoms with Crippen LogP contribution in [0.3, 0.4) is 0 Å². The van der Waals surface area contributed by atoms with Gasteiger partial charge >= 0.3 is 17.9 Å². The van der Waals surface area contributed by atoms with Crippen LogP contribution in [-0.2, 0) is 28.6 Å². The topological polar surface area (TPSA) is 78.9 Å². The number of ether oxygens (including phenoxy) is 3. The summed E-state index contributed by atoms with van der Waals surface area (Å²) in [6.07, 6.45) is 81.1. The summed E-state index contributed by atoms with van der Waals surface area (Å²) in [5.74, 6) is -0.941. The van der Waals surface area contributed by atoms with Crippen molar-refractivity contribution in [1.29, 1.82) is 0 Å². The molecular formula is C67H114O6. The highest BCUT2D eigenvalue weighted by atomic mass is 16.6. The summed E-state index contributed by atoms with van der Waals surface area (Å²) < 4.78 is 16.9. The number of hydrogen-bond acceptors (Lipinski definition) is 6. The maximum absolute atomic E-state index is 12.9. The molecule has 0 aromatic rings. The lowest BCUT2D eigenvalue weighted by Gasteiger charge is -2.18. The van der Waals surface area contributed by atoms with Crippen molar-refractivity contribution in [3.63, 3.8) is 0 Å². The normalized spacial score (nSPS) is 12.8. The summed E-state index contributed by atoms with van der Waals surface area (Å²) in [7, 11) is 0. The fourth-order valence-corrected chi connectivity index (χ4v) is 8.44. The van der Waals surface area contributed by atoms with E-state index in [1.165, 1.54) is 154 Å². The minimum absolute atomic E-state index is 0.0951. The molecule has 0 aliphatic carbocycles. The van der Waals surface area contributed by atoms with Gasteiger partial charge in [0.25, 0.3) is 0 Å². The summed E-state index contributed by atoms with van der Waals surface area (Å²) >= 11 is 0. The molecule has 1 unspecified atom stereocenters. The Bertz CT molecular complexity index is 1440. The van der Waals surface area contributed by atoms with Gasteiger partial charge in [0.2, 0.25) is 0 Å². The molecule has 1 atom stereocenters. The van der Waals surface area contributed by atoms with E-state index in [0.29, 0.717) is 19.3 Å². The standard InChI is InChI=1S/C67H114O6/c1-4-7-10-13-16-19-22-25-28-31-32-33-34-37-39-42-45-48-51-54-57-60-66(69)72-63-64(73-67(70)61-58-55-52-49-46-43-40-36-30-27-24-21-18-15-12-9-6-3)62-71-65(68)59-56-53-50-47-44-41-38-35-29-26-23-20-17-14-11-8-5-2/h7,10,16,19,25-30,32-33,37,39,45,48,64H,4-6,8-9,11-15,17-18,20-24,31,34-36,38,40-44,46-47,49-63H2,1-3H3/b10-7-,19-16-,28-25-,29-26-,30-27-,33-32-,39-37-,48-45-. The van der Waals surface area contributed by atoms with Gasteiger partial charge in [-0.25, -0.2) is 0 Å². The third-order valence-electron chi connectivity index (χ3n) is 13.0. The second-order valence-corrected chi connectivity index (χ2v) is 20.2. The van der Waals surface area contributed by atoms with Crippen molar-refractivity contribution < 1.29 is 28.6 Å². The van der Waals surface area contributed by atoms with Crippen LogP contribution < -0.4 is 0 Å². The Morgan fingerprint density at radius 2 is 0.534 bits per heavy atom. The molecule has 73 heavy (non-hydrogen) atoms. The lowest BCUT2D eigenvalue weighted by Crippen LogP contribution is -2.30. The molecule has 0 fully saturated rings. The third-order valence-corrected chi connectivity index (χ3v) is 13.0. The zero-order valence-corrected chi connectivity index (χ0v) is 47.9. The summed E-state index contributed by atoms with van der Waals surface area (Å²) in [6.45, 7) is 6.49. The first-order chi connectivity index (χ1) is 36.0. The van der Waals surface area contributed by atoms with Crippen molar-refractivity contribution in [2.24, 2.45) is 0 Å². The fourth-order valence-electron chi connectivity index (χ4n) is 8.44. The van der Waals surface area contributed by atoms with E-state index in [1.54, 1.807) is 0 Å². The molecule has 0 aliphatic heterocycles. The predicted molar refractivity (Wildman–Crippen MR) is 316 cm³/mol. The number of carbonyl (C=O) groups is 3. The van der Waals surface area contributed by atoms with E-state index in [0.717, 1.165) is 96.3 Å². The van der Waals surface area contributed by atoms with Crippen LogP contribution in [0.2, 0.25) is 0 Å². The molecule has 0 spiro atoms. The van der Waals surface area contributed by atoms with Crippen molar-refractivity contribution in [2.45, 2.75) is 297 Å². The van der Waals surface area contributed by atoms with Crippen LogP contribution in [0.25, 0.3) is 0 Å². The smallest absolute Gasteiger partial charge is 0.306 e. The number of carbonyl (C=O) groups excluding carboxylic acids is 3. The molecule has 0 N–H and O–H groups in total. The van der Waals surface area contributed by atoms with E-state index in [2.05, 4.69) is 118 Å². The fraction of sp³-hybridized carbons (Fsp3) is 0.716. The van der Waals surface area contributed by atoms with E-state index >= 15 is 0 Å². The molecule has 0 saturated carbocycles. The molecule has 0 aliphatic rings. The second-order valence-electron chi connectivity index (χ2n) is 20.2. The summed E-state index contributed by atoms with van der Waals surface area (Å²) in [5.41, 5.74) is 0. The Morgan fingerprint density at radius 3 is 0.877 bits per heavy atom. The third kappa shape index (κ3) is 59.1. The lowest BCUT2D eigenvalue weighted by molar-refractivity contribution is -0.167. The van der Waals surface area contributed by atoms with Gasteiger partial charge in [0.15, 0.2) is 6.10 Å². The van der Waals surface area contributed by atoms with E-state index in [1.807, 2.05) is 0 Å². The number of esters is 3. The molecule has 0 radical (unpaired) electrons. The molecule has 0 aromatic carbocycles. The first-order valence-electron chi connectivity index (χ1n) is 30.7. The largest absolute Gasteiger partial charge is 0.462 e. The lowest BCUT2D eigenvalue weighted by atomic mass is 10.1. The van der Waals surface area contributed by atoms with Crippen LogP contribution in [0.5, 0.6) is 0 Å². The summed E-state index contributed by atoms with van der Waals surface area (Å²) in [4.78, 5) is 38.3. The SMILES string of the molecule is CC/C=C\C/C=C\C/C=C\C/C=C\C/C=C\C/C=C\CCCCC(=O)OCC(COC(=O)CCCCCCCCC/C=C\CCCCCCCC)OC(=O)CCCCCCCCC/C=C\CCCCCCCC. The highest BCUT2D eigenvalue weighted by Gasteiger charge is 2.19. The quantitative estimate of drug-likeness (QED) is 0.0261. The molecule has 0 bridgehead atoms. The molecular weight excluding hydrogens is 901 g/mol. The molecule has 0 amide bonds. The maximum atomic E-state index is 12.9. The summed E-state index contributed by atoms with van der Waals surface area (Å²) in [5, 5.41) is 0. The molecule has 0 saturated heterocycles. The Balaban J connectivity index is 4.47. The molecule has 0 heterocycles. The average molecular weight is 1020 g/mol. The zero-order valence-electron chi connectivity index (χ0n) is 47.9. The van der Waals surface area contributed by atoms with Crippen LogP contribution >= 0.6 is 0 Å². The van der Waals surface area contributed by atoms with E-state index in [-0.39, 0.29) is 31.1 Å². The first kappa shape index (κ1) is 69.3. The second kappa shape index (κ2) is 60.9. The molecule has 0 aromatic heterocycles. The number of rotatable bonds is 55. The van der Waals surface area contributed by atoms with Crippen LogP contribution in [0.1, 0.15) is 290 Å². The highest BCUT2D eigenvalue weighted by molar-refractivity contribution is 5.71. The Hall–Kier alpha value is -3.67. The Kier molecular flexibility index (Phi) is 57.8. The van der Waals surface area contributed by atoms with Crippen molar-refractivity contribution in [3.8, 4) is 0 Å². The Morgan fingerprint density at radius 1 is 0.288 bits per heavy atom. The number of unbranched alkanes of at least 4 members (excludes halogenated alkanes) is 28. The minimum atomic E-state index is -0.801. The van der Waals surface area contributed by atoms with Gasteiger partial charge in [0.1, 0.15) is 13.2 Å². The van der Waals surface area contributed by atoms with Crippen molar-refractivity contribution in [2.75, 3.05) is 13.2 Å². The van der Waals surface area contributed by atoms with Crippen molar-refractivity contribution in [1.82, 2.24) is 0 Å². The molecule has 418 valence electrons. The predicted octanol–water partition coefficient (Wildman–Crippen LogP) is 20.9. The van der Waals surface area contributed by atoms with Gasteiger partial charge < -0.3 is 14.2 Å². The van der Waals surface area contributed by atoms with Gasteiger partial charge in [-0.2, -0.15) is 0 Å². The van der Waals surface area contributed by atoms with Gasteiger partial charge in [0.05, 0.1) is 0 Å². The number of allylic oxidation sites excluding steroid dienone is 16. The van der Waals surface area contributed by atoms with Crippen LogP contribution in [0.4, 0.5) is 0 Å². The van der Waals surface area contributed by atoms with Gasteiger partial charge in [-0.3, -0.25) is 14.4 Å². The van der Waals surface area contributed by atoms with Gasteiger partial charge in [-0.1, -0.05) is 246 Å². The summed E-state index contributed by atoms with van der Waals surface area (Å²) in [6, 6.07) is 0. The van der Waals surface area contributed by atoms with Crippen molar-refractivity contribution >= 4 is 17.9 Å². The van der Waals surface area contributed by atoms with Crippen LogP contribution in [0.15, 0.2) is 97.2 Å². The van der Waals surface area contributed by atoms with Gasteiger partial charge in [0, 0.05) is 19.3 Å². The molecule has 0 rings (SSSR count). The van der Waals surface area contributed by atoms with Crippen LogP contribution in [0, 0.1) is 0 Å². The first-order valence-corrected chi connectivity index (χ1v) is 30.7. The Labute approximate surface area is 451 Å². The average Bonchev–Trinajstić information content (AvgIpc) is 3.39. The zero-order chi connectivity index (χ0) is 52.9. The number of hydrogen-bond donors (Lipinski definition) is 0. The maximum Gasteiger partial charge on any atom is 0.306 e. The molecule has 6 nitrogen and oxygen atoms in total. The monoisotopic (exact) mass is 1010 g/mol. The van der Waals surface area contributed by atoms with E-state index in [4.69, 9.17) is 14.2 Å². The minimum Gasteiger partial charge on any atom is -0.462 e. The molecule has 6 heteroatoms. The van der Waals surface area contributed by atoms with E-state index in [9.17, 15) is 14.4 Å². The van der Waals surface area contributed by atoms with Crippen molar-refractivity contribution in [3.05, 3.63) is 97.2 Å². The highest BCUT2D eigenvalue weighted by Crippen LogP contribution is 2.15. The van der Waals surface area contributed by atoms with Gasteiger partial charge in [-0.15, -0.1) is 0 Å². The van der Waals surface area contributed by atoms with Gasteiger partial charge in [-0.05, 0) is 122 Å².